The van der Waals surface area contributed by atoms with Crippen molar-refractivity contribution in [2.75, 3.05) is 0 Å². The number of Topliss-reactive ketones (excluding diaryl/α,β-unsaturated/α-hetero) is 2. The van der Waals surface area contributed by atoms with E-state index in [0.29, 0.717) is 0 Å². The van der Waals surface area contributed by atoms with Crippen LogP contribution in [0.3, 0.4) is 0 Å². The first-order valence-electron chi connectivity index (χ1n) is 5.66. The zero-order chi connectivity index (χ0) is 13.8. The second-order valence-electron chi connectivity index (χ2n) is 4.50. The lowest BCUT2D eigenvalue weighted by atomic mass is 10.0. The van der Waals surface area contributed by atoms with E-state index in [-0.39, 0.29) is 11.1 Å². The van der Waals surface area contributed by atoms with Gasteiger partial charge in [-0.3, -0.25) is 9.59 Å². The third-order valence-corrected chi connectivity index (χ3v) is 4.22. The van der Waals surface area contributed by atoms with Crippen molar-refractivity contribution in [3.8, 4) is 10.4 Å². The van der Waals surface area contributed by atoms with Crippen molar-refractivity contribution >= 4 is 22.9 Å². The maximum absolute atomic E-state index is 11.8. The van der Waals surface area contributed by atoms with Gasteiger partial charge in [0.05, 0.1) is 0 Å². The zero-order valence-electron chi connectivity index (χ0n) is 10.0. The Morgan fingerprint density at radius 3 is 2.32 bits per heavy atom. The van der Waals surface area contributed by atoms with Gasteiger partial charge >= 0.3 is 0 Å². The number of hydrogen-bond donors (Lipinski definition) is 2. The van der Waals surface area contributed by atoms with Gasteiger partial charge < -0.3 is 10.2 Å². The van der Waals surface area contributed by atoms with E-state index in [1.54, 1.807) is 17.4 Å². The summed E-state index contributed by atoms with van der Waals surface area (Å²) in [5, 5.41) is 19.0. The molecule has 0 spiro atoms. The predicted molar refractivity (Wildman–Crippen MR) is 70.3 cm³/mol. The molecule has 1 heterocycles. The number of carbonyl (C=O) groups is 2. The Morgan fingerprint density at radius 1 is 1.00 bits per heavy atom. The van der Waals surface area contributed by atoms with Crippen LogP contribution in [-0.4, -0.2) is 27.6 Å². The van der Waals surface area contributed by atoms with Crippen molar-refractivity contribution in [3.05, 3.63) is 46.3 Å². The first-order chi connectivity index (χ1) is 8.91. The van der Waals surface area contributed by atoms with Gasteiger partial charge in [0.15, 0.2) is 0 Å². The number of aryl methyl sites for hydroxylation is 1. The first kappa shape index (κ1) is 12.2. The van der Waals surface area contributed by atoms with Gasteiger partial charge in [0.1, 0.15) is 0 Å². The molecule has 1 aliphatic carbocycles. The molecular formula is C14H10O4S. The van der Waals surface area contributed by atoms with Crippen LogP contribution in [0.15, 0.2) is 30.3 Å². The average Bonchev–Trinajstić information content (AvgIpc) is 2.88. The Hall–Kier alpha value is -1.82. The van der Waals surface area contributed by atoms with Crippen LogP contribution in [0.1, 0.15) is 25.6 Å². The van der Waals surface area contributed by atoms with E-state index in [0.717, 1.165) is 15.3 Å². The standard InChI is InChI=1S/C14H10O4S/c1-7-2-5-11(19-7)8-3-4-9-10(6-8)13(16)14(17,18)12(9)15/h2-6,17-18H,1H3. The number of fused-ring (bicyclic) bond motifs is 1. The Morgan fingerprint density at radius 2 is 1.68 bits per heavy atom. The molecule has 0 fully saturated rings. The number of ketones is 2. The highest BCUT2D eigenvalue weighted by Gasteiger charge is 2.50. The summed E-state index contributed by atoms with van der Waals surface area (Å²) in [6.45, 7) is 1.97. The van der Waals surface area contributed by atoms with Crippen LogP contribution >= 0.6 is 11.3 Å². The Kier molecular flexibility index (Phi) is 2.47. The van der Waals surface area contributed by atoms with Crippen LogP contribution in [0.2, 0.25) is 0 Å². The van der Waals surface area contributed by atoms with E-state index in [1.165, 1.54) is 12.1 Å². The molecule has 0 aliphatic heterocycles. The maximum atomic E-state index is 11.8. The molecule has 2 aromatic rings. The highest BCUT2D eigenvalue weighted by Crippen LogP contribution is 2.34. The second kappa shape index (κ2) is 3.84. The lowest BCUT2D eigenvalue weighted by Gasteiger charge is -2.08. The van der Waals surface area contributed by atoms with Crippen LogP contribution in [0.5, 0.6) is 0 Å². The number of hydrogen-bond acceptors (Lipinski definition) is 5. The Bertz CT molecular complexity index is 712. The van der Waals surface area contributed by atoms with E-state index in [9.17, 15) is 19.8 Å². The van der Waals surface area contributed by atoms with Crippen molar-refractivity contribution in [2.45, 2.75) is 12.7 Å². The molecule has 4 nitrogen and oxygen atoms in total. The molecule has 96 valence electrons. The van der Waals surface area contributed by atoms with Gasteiger partial charge in [-0.15, -0.1) is 11.3 Å². The summed E-state index contributed by atoms with van der Waals surface area (Å²) in [6, 6.07) is 8.59. The molecule has 1 aliphatic rings. The van der Waals surface area contributed by atoms with E-state index < -0.39 is 17.4 Å². The average molecular weight is 274 g/mol. The number of benzene rings is 1. The van der Waals surface area contributed by atoms with Crippen LogP contribution in [0.25, 0.3) is 10.4 Å². The summed E-state index contributed by atoms with van der Waals surface area (Å²) >= 11 is 1.57. The first-order valence-corrected chi connectivity index (χ1v) is 6.48. The van der Waals surface area contributed by atoms with E-state index >= 15 is 0 Å². The van der Waals surface area contributed by atoms with E-state index in [1.807, 2.05) is 19.1 Å². The monoisotopic (exact) mass is 274 g/mol. The summed E-state index contributed by atoms with van der Waals surface area (Å²) in [5.41, 5.74) is 0.918. The molecule has 0 bridgehead atoms. The fraction of sp³-hybridized carbons (Fsp3) is 0.143. The SMILES string of the molecule is Cc1ccc(-c2ccc3c(c2)C(=O)C(O)(O)C3=O)s1. The van der Waals surface area contributed by atoms with Crippen LogP contribution in [0, 0.1) is 6.92 Å². The normalized spacial score (nSPS) is 16.8. The zero-order valence-corrected chi connectivity index (χ0v) is 10.8. The molecule has 1 aromatic carbocycles. The number of aliphatic hydroxyl groups is 2. The highest BCUT2D eigenvalue weighted by atomic mass is 32.1. The molecule has 0 radical (unpaired) electrons. The minimum absolute atomic E-state index is 0.0621. The summed E-state index contributed by atoms with van der Waals surface area (Å²) in [4.78, 5) is 25.6. The minimum Gasteiger partial charge on any atom is -0.353 e. The third-order valence-electron chi connectivity index (χ3n) is 3.17. The van der Waals surface area contributed by atoms with Gasteiger partial charge in [-0.1, -0.05) is 6.07 Å². The van der Waals surface area contributed by atoms with Gasteiger partial charge in [0.2, 0.25) is 11.6 Å². The van der Waals surface area contributed by atoms with Crippen LogP contribution in [-0.2, 0) is 0 Å². The fourth-order valence-electron chi connectivity index (χ4n) is 2.15. The summed E-state index contributed by atoms with van der Waals surface area (Å²) < 4.78 is 0. The fourth-order valence-corrected chi connectivity index (χ4v) is 3.02. The van der Waals surface area contributed by atoms with Gasteiger partial charge in [-0.25, -0.2) is 0 Å². The molecule has 0 saturated carbocycles. The van der Waals surface area contributed by atoms with Gasteiger partial charge in [-0.05, 0) is 36.8 Å². The second-order valence-corrected chi connectivity index (χ2v) is 5.79. The quantitative estimate of drug-likeness (QED) is 0.614. The largest absolute Gasteiger partial charge is 0.353 e. The molecular weight excluding hydrogens is 264 g/mol. The lowest BCUT2D eigenvalue weighted by molar-refractivity contribution is -0.0857. The third kappa shape index (κ3) is 1.67. The summed E-state index contributed by atoms with van der Waals surface area (Å²) in [7, 11) is 0. The number of rotatable bonds is 1. The smallest absolute Gasteiger partial charge is 0.295 e. The molecule has 0 amide bonds. The molecule has 5 heteroatoms. The lowest BCUT2D eigenvalue weighted by Crippen LogP contribution is -2.40. The van der Waals surface area contributed by atoms with Crippen molar-refractivity contribution in [3.63, 3.8) is 0 Å². The van der Waals surface area contributed by atoms with E-state index in [2.05, 4.69) is 0 Å². The Balaban J connectivity index is 2.15. The van der Waals surface area contributed by atoms with Gasteiger partial charge in [0.25, 0.3) is 5.79 Å². The Labute approximate surface area is 112 Å². The highest BCUT2D eigenvalue weighted by molar-refractivity contribution is 7.15. The topological polar surface area (TPSA) is 74.6 Å². The van der Waals surface area contributed by atoms with Crippen LogP contribution in [0.4, 0.5) is 0 Å². The van der Waals surface area contributed by atoms with Crippen molar-refractivity contribution in [2.24, 2.45) is 0 Å². The number of carbonyl (C=O) groups excluding carboxylic acids is 2. The van der Waals surface area contributed by atoms with Crippen molar-refractivity contribution in [1.82, 2.24) is 0 Å². The maximum Gasteiger partial charge on any atom is 0.295 e. The molecule has 0 saturated heterocycles. The van der Waals surface area contributed by atoms with Crippen LogP contribution < -0.4 is 0 Å². The molecule has 0 atom stereocenters. The summed E-state index contributed by atoms with van der Waals surface area (Å²) in [5.74, 6) is -4.82. The molecule has 0 unspecified atom stereocenters. The molecule has 1 aromatic heterocycles. The van der Waals surface area contributed by atoms with Gasteiger partial charge in [-0.2, -0.15) is 0 Å². The summed E-state index contributed by atoms with van der Waals surface area (Å²) in [6.07, 6.45) is 0. The molecule has 2 N–H and O–H groups in total. The predicted octanol–water partition coefficient (Wildman–Crippen LogP) is 1.78. The molecule has 3 rings (SSSR count). The number of thiophene rings is 1. The van der Waals surface area contributed by atoms with Crippen molar-refractivity contribution in [1.29, 1.82) is 0 Å². The molecule has 19 heavy (non-hydrogen) atoms. The minimum atomic E-state index is -2.91. The van der Waals surface area contributed by atoms with Crippen molar-refractivity contribution < 1.29 is 19.8 Å². The van der Waals surface area contributed by atoms with E-state index in [4.69, 9.17) is 0 Å². The van der Waals surface area contributed by atoms with Gasteiger partial charge in [0, 0.05) is 20.9 Å².